The lowest BCUT2D eigenvalue weighted by Crippen LogP contribution is -2.37. The molecule has 5 heteroatoms. The van der Waals surface area contributed by atoms with Gasteiger partial charge in [-0.3, -0.25) is 4.79 Å². The van der Waals surface area contributed by atoms with E-state index in [1.807, 2.05) is 32.0 Å². The Kier molecular flexibility index (Phi) is 6.47. The number of benzene rings is 2. The summed E-state index contributed by atoms with van der Waals surface area (Å²) in [4.78, 5) is 17.0. The molecule has 0 radical (unpaired) electrons. The molecule has 1 atom stereocenters. The molecular weight excluding hydrogens is 368 g/mol. The van der Waals surface area contributed by atoms with Gasteiger partial charge in [-0.15, -0.1) is 11.3 Å². The summed E-state index contributed by atoms with van der Waals surface area (Å²) >= 11 is 1.63. The first-order chi connectivity index (χ1) is 13.4. The molecule has 0 bridgehead atoms. The summed E-state index contributed by atoms with van der Waals surface area (Å²) in [6.07, 6.45) is 0.156. The van der Waals surface area contributed by atoms with Crippen molar-refractivity contribution in [2.24, 2.45) is 0 Å². The van der Waals surface area contributed by atoms with Gasteiger partial charge in [0.25, 0.3) is 5.91 Å². The largest absolute Gasteiger partial charge is 0.481 e. The number of rotatable bonds is 7. The van der Waals surface area contributed by atoms with E-state index in [1.165, 1.54) is 5.56 Å². The van der Waals surface area contributed by atoms with E-state index >= 15 is 0 Å². The van der Waals surface area contributed by atoms with E-state index in [4.69, 9.17) is 4.74 Å². The minimum Gasteiger partial charge on any atom is -0.481 e. The van der Waals surface area contributed by atoms with Gasteiger partial charge in [0.15, 0.2) is 6.10 Å². The van der Waals surface area contributed by atoms with Crippen LogP contribution in [-0.4, -0.2) is 23.5 Å². The van der Waals surface area contributed by atoms with Gasteiger partial charge in [0.1, 0.15) is 10.8 Å². The molecule has 0 saturated carbocycles. The van der Waals surface area contributed by atoms with Crippen LogP contribution in [0.4, 0.5) is 0 Å². The Morgan fingerprint density at radius 2 is 1.89 bits per heavy atom. The molecular formula is C23H26N2O2S. The normalized spacial score (nSPS) is 11.9. The van der Waals surface area contributed by atoms with Crippen LogP contribution in [0.15, 0.2) is 47.8 Å². The van der Waals surface area contributed by atoms with Gasteiger partial charge in [-0.25, -0.2) is 4.98 Å². The summed E-state index contributed by atoms with van der Waals surface area (Å²) in [7, 11) is 0. The zero-order valence-corrected chi connectivity index (χ0v) is 17.6. The van der Waals surface area contributed by atoms with Crippen molar-refractivity contribution < 1.29 is 9.53 Å². The highest BCUT2D eigenvalue weighted by atomic mass is 32.1. The Balaban J connectivity index is 1.50. The summed E-state index contributed by atoms with van der Waals surface area (Å²) in [6, 6.07) is 14.2. The van der Waals surface area contributed by atoms with Crippen LogP contribution < -0.4 is 10.1 Å². The average molecular weight is 395 g/mol. The zero-order chi connectivity index (χ0) is 20.1. The smallest absolute Gasteiger partial charge is 0.260 e. The molecule has 2 aromatic carbocycles. The molecule has 1 heterocycles. The molecule has 3 rings (SSSR count). The molecule has 1 N–H and O–H groups in total. The van der Waals surface area contributed by atoms with Gasteiger partial charge in [0.2, 0.25) is 0 Å². The second-order valence-electron chi connectivity index (χ2n) is 7.01. The van der Waals surface area contributed by atoms with Crippen LogP contribution in [0.5, 0.6) is 5.75 Å². The van der Waals surface area contributed by atoms with Crippen LogP contribution in [-0.2, 0) is 11.2 Å². The van der Waals surface area contributed by atoms with Crippen molar-refractivity contribution in [1.82, 2.24) is 10.3 Å². The Bertz CT molecular complexity index is 947. The molecule has 0 aliphatic rings. The maximum absolute atomic E-state index is 12.3. The number of nitrogens with one attached hydrogen (secondary N) is 1. The summed E-state index contributed by atoms with van der Waals surface area (Å²) in [5, 5.41) is 6.00. The van der Waals surface area contributed by atoms with Crippen molar-refractivity contribution in [2.45, 2.75) is 40.2 Å². The number of thiazole rings is 1. The van der Waals surface area contributed by atoms with Crippen LogP contribution in [0.3, 0.4) is 0 Å². The summed E-state index contributed by atoms with van der Waals surface area (Å²) < 4.78 is 5.84. The molecule has 0 fully saturated rings. The van der Waals surface area contributed by atoms with Crippen LogP contribution in [0.25, 0.3) is 10.6 Å². The van der Waals surface area contributed by atoms with Crippen LogP contribution in [0, 0.1) is 20.8 Å². The lowest BCUT2D eigenvalue weighted by atomic mass is 10.1. The lowest BCUT2D eigenvalue weighted by Gasteiger charge is -2.17. The zero-order valence-electron chi connectivity index (χ0n) is 16.8. The van der Waals surface area contributed by atoms with Crippen molar-refractivity contribution in [3.63, 3.8) is 0 Å². The molecule has 28 heavy (non-hydrogen) atoms. The van der Waals surface area contributed by atoms with Gasteiger partial charge in [0, 0.05) is 23.9 Å². The molecule has 0 aliphatic carbocycles. The summed E-state index contributed by atoms with van der Waals surface area (Å²) in [6.45, 7) is 8.42. The number of aromatic nitrogens is 1. The van der Waals surface area contributed by atoms with E-state index in [2.05, 4.69) is 46.9 Å². The fourth-order valence-corrected chi connectivity index (χ4v) is 3.66. The van der Waals surface area contributed by atoms with Gasteiger partial charge in [0.05, 0.1) is 5.69 Å². The number of amides is 1. The molecule has 0 saturated heterocycles. The number of hydrogen-bond donors (Lipinski definition) is 1. The highest BCUT2D eigenvalue weighted by Crippen LogP contribution is 2.24. The third kappa shape index (κ3) is 4.98. The van der Waals surface area contributed by atoms with E-state index in [1.54, 1.807) is 18.3 Å². The molecule has 146 valence electrons. The lowest BCUT2D eigenvalue weighted by molar-refractivity contribution is -0.127. The second-order valence-corrected chi connectivity index (χ2v) is 7.87. The van der Waals surface area contributed by atoms with Crippen molar-refractivity contribution >= 4 is 17.2 Å². The fourth-order valence-electron chi connectivity index (χ4n) is 2.80. The van der Waals surface area contributed by atoms with E-state index in [0.29, 0.717) is 13.0 Å². The van der Waals surface area contributed by atoms with E-state index in [0.717, 1.165) is 33.1 Å². The quantitative estimate of drug-likeness (QED) is 0.622. The minimum atomic E-state index is -0.543. The van der Waals surface area contributed by atoms with E-state index < -0.39 is 6.10 Å². The van der Waals surface area contributed by atoms with Crippen molar-refractivity contribution in [2.75, 3.05) is 6.54 Å². The van der Waals surface area contributed by atoms with Gasteiger partial charge in [-0.05, 0) is 44.9 Å². The van der Waals surface area contributed by atoms with Gasteiger partial charge < -0.3 is 10.1 Å². The maximum Gasteiger partial charge on any atom is 0.260 e. The number of carbonyl (C=O) groups excluding carboxylic acids is 1. The number of aryl methyl sites for hydroxylation is 2. The third-order valence-corrected chi connectivity index (χ3v) is 5.70. The number of carbonyl (C=O) groups is 1. The summed E-state index contributed by atoms with van der Waals surface area (Å²) in [5.41, 5.74) is 5.57. The molecule has 0 aliphatic heterocycles. The molecule has 1 amide bonds. The maximum atomic E-state index is 12.3. The SMILES string of the molecule is Cc1ccc(-c2nc(CCNC(=O)[C@H](C)Oc3cccc(C)c3C)cs2)cc1. The van der Waals surface area contributed by atoms with Crippen LogP contribution in [0.2, 0.25) is 0 Å². The monoisotopic (exact) mass is 394 g/mol. The first kappa shape index (κ1) is 20.1. The first-order valence-electron chi connectivity index (χ1n) is 9.46. The first-order valence-corrected chi connectivity index (χ1v) is 10.3. The van der Waals surface area contributed by atoms with Gasteiger partial charge in [-0.2, -0.15) is 0 Å². The van der Waals surface area contributed by atoms with Crippen LogP contribution >= 0.6 is 11.3 Å². The third-order valence-electron chi connectivity index (χ3n) is 4.76. The van der Waals surface area contributed by atoms with Gasteiger partial charge in [-0.1, -0.05) is 42.0 Å². The molecule has 4 nitrogen and oxygen atoms in total. The highest BCUT2D eigenvalue weighted by Gasteiger charge is 2.16. The average Bonchev–Trinajstić information content (AvgIpc) is 3.14. The van der Waals surface area contributed by atoms with Gasteiger partial charge >= 0.3 is 0 Å². The van der Waals surface area contributed by atoms with Crippen molar-refractivity contribution in [1.29, 1.82) is 0 Å². The molecule has 0 spiro atoms. The predicted molar refractivity (Wildman–Crippen MR) is 115 cm³/mol. The Morgan fingerprint density at radius 1 is 1.14 bits per heavy atom. The molecule has 3 aromatic rings. The Hall–Kier alpha value is -2.66. The highest BCUT2D eigenvalue weighted by molar-refractivity contribution is 7.13. The van der Waals surface area contributed by atoms with E-state index in [9.17, 15) is 4.79 Å². The van der Waals surface area contributed by atoms with E-state index in [-0.39, 0.29) is 5.91 Å². The Morgan fingerprint density at radius 3 is 2.64 bits per heavy atom. The second kappa shape index (κ2) is 9.02. The topological polar surface area (TPSA) is 51.2 Å². The van der Waals surface area contributed by atoms with Crippen molar-refractivity contribution in [3.05, 3.63) is 70.2 Å². The van der Waals surface area contributed by atoms with Crippen LogP contribution in [0.1, 0.15) is 29.3 Å². The van der Waals surface area contributed by atoms with Crippen molar-refractivity contribution in [3.8, 4) is 16.3 Å². The molecule has 0 unspecified atom stereocenters. The fraction of sp³-hybridized carbons (Fsp3) is 0.304. The standard InChI is InChI=1S/C23H26N2O2S/c1-15-8-10-19(11-9-15)23-25-20(14-28-23)12-13-24-22(26)18(4)27-21-7-5-6-16(2)17(21)3/h5-11,14,18H,12-13H2,1-4H3,(H,24,26)/t18-/m0/s1. The summed E-state index contributed by atoms with van der Waals surface area (Å²) in [5.74, 6) is 0.639. The predicted octanol–water partition coefficient (Wildman–Crippen LogP) is 4.86. The number of nitrogens with zero attached hydrogens (tertiary/aromatic N) is 1. The Labute approximate surface area is 170 Å². The minimum absolute atomic E-state index is 0.116. The molecule has 1 aromatic heterocycles. The number of ether oxygens (including phenoxy) is 1. The number of hydrogen-bond acceptors (Lipinski definition) is 4.